The fourth-order valence-corrected chi connectivity index (χ4v) is 4.74. The van der Waals surface area contributed by atoms with E-state index < -0.39 is 11.9 Å². The lowest BCUT2D eigenvalue weighted by Crippen LogP contribution is -2.47. The summed E-state index contributed by atoms with van der Waals surface area (Å²) in [6.07, 6.45) is 4.45. The van der Waals surface area contributed by atoms with Gasteiger partial charge in [-0.3, -0.25) is 19.1 Å². The third kappa shape index (κ3) is 6.48. The van der Waals surface area contributed by atoms with E-state index >= 15 is 0 Å². The van der Waals surface area contributed by atoms with E-state index in [9.17, 15) is 14.4 Å². The molecule has 3 amide bonds. The van der Waals surface area contributed by atoms with Gasteiger partial charge in [0.1, 0.15) is 11.7 Å². The number of likely N-dealkylation sites (tertiary alicyclic amines) is 1. The highest BCUT2D eigenvalue weighted by Gasteiger charge is 2.27. The number of carbonyl (C=O) groups is 3. The Labute approximate surface area is 206 Å². The molecular formula is C26H36N6O3. The van der Waals surface area contributed by atoms with Gasteiger partial charge in [-0.25, -0.2) is 0 Å². The van der Waals surface area contributed by atoms with Gasteiger partial charge in [0, 0.05) is 38.8 Å². The number of amides is 3. The van der Waals surface area contributed by atoms with Crippen molar-refractivity contribution in [3.63, 3.8) is 0 Å². The van der Waals surface area contributed by atoms with Gasteiger partial charge in [-0.05, 0) is 51.8 Å². The van der Waals surface area contributed by atoms with Crippen molar-refractivity contribution in [1.82, 2.24) is 30.2 Å². The summed E-state index contributed by atoms with van der Waals surface area (Å²) in [7, 11) is 0. The molecule has 1 fully saturated rings. The Hall–Kier alpha value is -3.20. The highest BCUT2D eigenvalue weighted by Crippen LogP contribution is 2.17. The number of rotatable bonds is 8. The molecule has 4 rings (SSSR count). The van der Waals surface area contributed by atoms with Gasteiger partial charge in [0.2, 0.25) is 5.91 Å². The van der Waals surface area contributed by atoms with Gasteiger partial charge in [0.15, 0.2) is 5.69 Å². The molecule has 3 heterocycles. The highest BCUT2D eigenvalue weighted by molar-refractivity contribution is 5.99. The fraction of sp³-hybridized carbons (Fsp3) is 0.538. The summed E-state index contributed by atoms with van der Waals surface area (Å²) in [5.41, 5.74) is 2.78. The molecule has 1 aromatic carbocycles. The van der Waals surface area contributed by atoms with Gasteiger partial charge in [-0.2, -0.15) is 5.10 Å². The summed E-state index contributed by atoms with van der Waals surface area (Å²) in [5, 5.41) is 9.99. The minimum absolute atomic E-state index is 0.140. The zero-order chi connectivity index (χ0) is 24.8. The standard InChI is InChI=1S/C26H36N6O3/c1-19-8-6-9-21(16-19)18-31-13-7-14-32-23(26(31)35)17-22(29-32)25(34)28-20(2)24(33)27-10-15-30-11-4-3-5-12-30/h6,8-9,16-17,20H,3-5,7,10-15,18H2,1-2H3,(H,27,33)(H,28,34)/t20-/m1/s1. The molecule has 0 aliphatic carbocycles. The van der Waals surface area contributed by atoms with Crippen LogP contribution in [0.4, 0.5) is 0 Å². The van der Waals surface area contributed by atoms with E-state index in [1.807, 2.05) is 25.1 Å². The lowest BCUT2D eigenvalue weighted by atomic mass is 10.1. The predicted octanol–water partition coefficient (Wildman–Crippen LogP) is 1.96. The van der Waals surface area contributed by atoms with Crippen molar-refractivity contribution < 1.29 is 14.4 Å². The number of aromatic nitrogens is 2. The number of hydrogen-bond donors (Lipinski definition) is 2. The van der Waals surface area contributed by atoms with Gasteiger partial charge in [-0.1, -0.05) is 36.2 Å². The second kappa shape index (κ2) is 11.5. The largest absolute Gasteiger partial charge is 0.353 e. The van der Waals surface area contributed by atoms with Crippen molar-refractivity contribution >= 4 is 17.7 Å². The third-order valence-corrected chi connectivity index (χ3v) is 6.69. The molecule has 2 aliphatic rings. The second-order valence-electron chi connectivity index (χ2n) is 9.60. The first-order valence-corrected chi connectivity index (χ1v) is 12.6. The number of hydrogen-bond acceptors (Lipinski definition) is 5. The van der Waals surface area contributed by atoms with Crippen molar-refractivity contribution in [3.8, 4) is 0 Å². The predicted molar refractivity (Wildman–Crippen MR) is 133 cm³/mol. The molecular weight excluding hydrogens is 444 g/mol. The number of benzene rings is 1. The van der Waals surface area contributed by atoms with Crippen molar-refractivity contribution in [2.45, 2.75) is 58.7 Å². The van der Waals surface area contributed by atoms with Crippen molar-refractivity contribution in [3.05, 3.63) is 52.8 Å². The van der Waals surface area contributed by atoms with Crippen LogP contribution in [0, 0.1) is 6.92 Å². The molecule has 0 bridgehead atoms. The first-order chi connectivity index (χ1) is 16.9. The van der Waals surface area contributed by atoms with Crippen molar-refractivity contribution in [2.24, 2.45) is 0 Å². The van der Waals surface area contributed by atoms with E-state index in [1.54, 1.807) is 16.5 Å². The molecule has 0 saturated carbocycles. The minimum atomic E-state index is -0.695. The van der Waals surface area contributed by atoms with E-state index in [0.717, 1.165) is 37.2 Å². The van der Waals surface area contributed by atoms with E-state index in [-0.39, 0.29) is 17.5 Å². The van der Waals surface area contributed by atoms with Gasteiger partial charge in [0.05, 0.1) is 0 Å². The SMILES string of the molecule is Cc1cccc(CN2CCCn3nc(C(=O)N[C@H](C)C(=O)NCCN4CCCCC4)cc3C2=O)c1. The van der Waals surface area contributed by atoms with Crippen molar-refractivity contribution in [1.29, 1.82) is 0 Å². The van der Waals surface area contributed by atoms with Crippen LogP contribution >= 0.6 is 0 Å². The van der Waals surface area contributed by atoms with Crippen LogP contribution < -0.4 is 10.6 Å². The molecule has 2 N–H and O–H groups in total. The molecule has 1 aromatic heterocycles. The van der Waals surface area contributed by atoms with Gasteiger partial charge in [0.25, 0.3) is 11.8 Å². The topological polar surface area (TPSA) is 99.6 Å². The summed E-state index contributed by atoms with van der Waals surface area (Å²) < 4.78 is 1.61. The summed E-state index contributed by atoms with van der Waals surface area (Å²) in [5.74, 6) is -0.821. The quantitative estimate of drug-likeness (QED) is 0.602. The molecule has 1 saturated heterocycles. The summed E-state index contributed by atoms with van der Waals surface area (Å²) in [6.45, 7) is 8.93. The lowest BCUT2D eigenvalue weighted by molar-refractivity contribution is -0.122. The Bertz CT molecular complexity index is 1060. The maximum Gasteiger partial charge on any atom is 0.272 e. The van der Waals surface area contributed by atoms with Crippen LogP contribution in [-0.4, -0.2) is 76.1 Å². The molecule has 9 heteroatoms. The van der Waals surface area contributed by atoms with Crippen LogP contribution in [0.25, 0.3) is 0 Å². The minimum Gasteiger partial charge on any atom is -0.353 e. The average molecular weight is 481 g/mol. The van der Waals surface area contributed by atoms with Crippen LogP contribution in [0.5, 0.6) is 0 Å². The molecule has 35 heavy (non-hydrogen) atoms. The number of nitrogens with one attached hydrogen (secondary N) is 2. The van der Waals surface area contributed by atoms with E-state index in [0.29, 0.717) is 31.9 Å². The van der Waals surface area contributed by atoms with Crippen LogP contribution in [-0.2, 0) is 17.9 Å². The molecule has 1 atom stereocenters. The van der Waals surface area contributed by atoms with Crippen LogP contribution in [0.3, 0.4) is 0 Å². The lowest BCUT2D eigenvalue weighted by Gasteiger charge is -2.26. The van der Waals surface area contributed by atoms with E-state index in [2.05, 4.69) is 26.7 Å². The monoisotopic (exact) mass is 480 g/mol. The molecule has 2 aromatic rings. The normalized spacial score (nSPS) is 17.4. The Morgan fingerprint density at radius 1 is 1.06 bits per heavy atom. The number of carbonyl (C=O) groups excluding carboxylic acids is 3. The van der Waals surface area contributed by atoms with Gasteiger partial charge >= 0.3 is 0 Å². The highest BCUT2D eigenvalue weighted by atomic mass is 16.2. The van der Waals surface area contributed by atoms with Crippen LogP contribution in [0.1, 0.15) is 64.7 Å². The molecule has 0 radical (unpaired) electrons. The smallest absolute Gasteiger partial charge is 0.272 e. The Balaban J connectivity index is 1.32. The maximum atomic E-state index is 13.2. The molecule has 188 valence electrons. The third-order valence-electron chi connectivity index (χ3n) is 6.69. The zero-order valence-corrected chi connectivity index (χ0v) is 20.8. The Morgan fingerprint density at radius 3 is 2.63 bits per heavy atom. The average Bonchev–Trinajstić information content (AvgIpc) is 3.22. The van der Waals surface area contributed by atoms with Gasteiger partial charge < -0.3 is 20.4 Å². The maximum absolute atomic E-state index is 13.2. The summed E-state index contributed by atoms with van der Waals surface area (Å²) >= 11 is 0. The second-order valence-corrected chi connectivity index (χ2v) is 9.60. The number of nitrogens with zero attached hydrogens (tertiary/aromatic N) is 4. The Kier molecular flexibility index (Phi) is 8.17. The first-order valence-electron chi connectivity index (χ1n) is 12.6. The molecule has 0 spiro atoms. The molecule has 2 aliphatic heterocycles. The molecule has 0 unspecified atom stereocenters. The van der Waals surface area contributed by atoms with E-state index in [4.69, 9.17) is 0 Å². The van der Waals surface area contributed by atoms with Crippen LogP contribution in [0.2, 0.25) is 0 Å². The first kappa shape index (κ1) is 24.9. The zero-order valence-electron chi connectivity index (χ0n) is 20.8. The van der Waals surface area contributed by atoms with Crippen molar-refractivity contribution in [2.75, 3.05) is 32.7 Å². The number of fused-ring (bicyclic) bond motifs is 1. The number of piperidine rings is 1. The Morgan fingerprint density at radius 2 is 1.86 bits per heavy atom. The summed E-state index contributed by atoms with van der Waals surface area (Å²) in [6, 6.07) is 8.95. The van der Waals surface area contributed by atoms with E-state index in [1.165, 1.54) is 25.3 Å². The summed E-state index contributed by atoms with van der Waals surface area (Å²) in [4.78, 5) is 42.6. The fourth-order valence-electron chi connectivity index (χ4n) is 4.74. The number of aryl methyl sites for hydroxylation is 2. The van der Waals surface area contributed by atoms with Crippen LogP contribution in [0.15, 0.2) is 30.3 Å². The van der Waals surface area contributed by atoms with Gasteiger partial charge in [-0.15, -0.1) is 0 Å². The molecule has 9 nitrogen and oxygen atoms in total.